The van der Waals surface area contributed by atoms with Gasteiger partial charge in [0, 0.05) is 17.4 Å². The van der Waals surface area contributed by atoms with Crippen LogP contribution in [-0.4, -0.2) is 27.3 Å². The number of aromatic amines is 1. The summed E-state index contributed by atoms with van der Waals surface area (Å²) in [5.41, 5.74) is 2.71. The van der Waals surface area contributed by atoms with Crippen LogP contribution in [0.25, 0.3) is 11.1 Å². The molecule has 2 atom stereocenters. The van der Waals surface area contributed by atoms with Crippen molar-refractivity contribution in [3.05, 3.63) is 36.7 Å². The van der Waals surface area contributed by atoms with Gasteiger partial charge in [0.15, 0.2) is 0 Å². The van der Waals surface area contributed by atoms with Crippen LogP contribution in [0.3, 0.4) is 0 Å². The van der Waals surface area contributed by atoms with Gasteiger partial charge in [0.05, 0.1) is 18.2 Å². The number of carbonyl (C=O) groups is 1. The molecule has 2 unspecified atom stereocenters. The summed E-state index contributed by atoms with van der Waals surface area (Å²) in [6.45, 7) is 0. The van der Waals surface area contributed by atoms with E-state index in [1.807, 2.05) is 30.5 Å². The van der Waals surface area contributed by atoms with Gasteiger partial charge >= 0.3 is 0 Å². The van der Waals surface area contributed by atoms with Crippen LogP contribution in [0.15, 0.2) is 36.7 Å². The van der Waals surface area contributed by atoms with Gasteiger partial charge in [0.2, 0.25) is 5.91 Å². The van der Waals surface area contributed by atoms with Crippen LogP contribution < -0.4 is 5.32 Å². The van der Waals surface area contributed by atoms with Gasteiger partial charge in [-0.2, -0.15) is 5.10 Å². The monoisotopic (exact) mass is 271 g/mol. The highest BCUT2D eigenvalue weighted by atomic mass is 16.3. The van der Waals surface area contributed by atoms with Crippen molar-refractivity contribution in [2.75, 3.05) is 5.32 Å². The first-order chi connectivity index (χ1) is 9.74. The number of amides is 1. The van der Waals surface area contributed by atoms with Crippen LogP contribution in [0.1, 0.15) is 19.3 Å². The number of hydrogen-bond acceptors (Lipinski definition) is 3. The Hall–Kier alpha value is -2.14. The number of carbonyl (C=O) groups excluding carboxylic acids is 1. The number of hydrogen-bond donors (Lipinski definition) is 3. The number of aliphatic hydroxyl groups excluding tert-OH is 1. The van der Waals surface area contributed by atoms with Gasteiger partial charge in [-0.05, 0) is 37.0 Å². The van der Waals surface area contributed by atoms with Gasteiger partial charge < -0.3 is 10.4 Å². The minimum Gasteiger partial charge on any atom is -0.392 e. The normalized spacial score (nSPS) is 21.9. The summed E-state index contributed by atoms with van der Waals surface area (Å²) in [5.74, 6) is -0.382. The molecule has 5 heteroatoms. The van der Waals surface area contributed by atoms with Crippen molar-refractivity contribution in [1.29, 1.82) is 0 Å². The van der Waals surface area contributed by atoms with Crippen molar-refractivity contribution in [3.63, 3.8) is 0 Å². The molecule has 0 aliphatic heterocycles. The van der Waals surface area contributed by atoms with E-state index in [2.05, 4.69) is 15.5 Å². The molecule has 1 aliphatic carbocycles. The number of aliphatic hydroxyl groups is 1. The molecule has 0 bridgehead atoms. The van der Waals surface area contributed by atoms with E-state index in [4.69, 9.17) is 0 Å². The highest BCUT2D eigenvalue weighted by Crippen LogP contribution is 2.27. The Kier molecular flexibility index (Phi) is 3.52. The highest BCUT2D eigenvalue weighted by molar-refractivity contribution is 5.93. The molecule has 1 aliphatic rings. The molecular weight excluding hydrogens is 254 g/mol. The van der Waals surface area contributed by atoms with E-state index in [9.17, 15) is 9.90 Å². The molecule has 5 nitrogen and oxygen atoms in total. The van der Waals surface area contributed by atoms with E-state index < -0.39 is 6.10 Å². The first-order valence-corrected chi connectivity index (χ1v) is 6.82. The summed E-state index contributed by atoms with van der Waals surface area (Å²) in [5, 5.41) is 19.3. The number of benzene rings is 1. The number of nitrogens with one attached hydrogen (secondary N) is 2. The third-order valence-electron chi connectivity index (χ3n) is 3.78. The summed E-state index contributed by atoms with van der Waals surface area (Å²) in [4.78, 5) is 12.1. The third-order valence-corrected chi connectivity index (χ3v) is 3.78. The Balaban J connectivity index is 1.74. The Labute approximate surface area is 117 Å². The first-order valence-electron chi connectivity index (χ1n) is 6.82. The largest absolute Gasteiger partial charge is 0.392 e. The lowest BCUT2D eigenvalue weighted by Gasteiger charge is -2.14. The SMILES string of the molecule is O=C(Nc1cccc(-c2cn[nH]c2)c1)C1CCCC1O. The Morgan fingerprint density at radius 1 is 1.35 bits per heavy atom. The summed E-state index contributed by atoms with van der Waals surface area (Å²) >= 11 is 0. The zero-order valence-electron chi connectivity index (χ0n) is 11.0. The fourth-order valence-electron chi connectivity index (χ4n) is 2.67. The van der Waals surface area contributed by atoms with E-state index in [0.717, 1.165) is 29.7 Å². The van der Waals surface area contributed by atoms with Crippen LogP contribution >= 0.6 is 0 Å². The second kappa shape index (κ2) is 5.46. The van der Waals surface area contributed by atoms with Gasteiger partial charge in [-0.25, -0.2) is 0 Å². The van der Waals surface area contributed by atoms with Crippen molar-refractivity contribution in [1.82, 2.24) is 10.2 Å². The Morgan fingerprint density at radius 2 is 2.25 bits per heavy atom. The summed E-state index contributed by atoms with van der Waals surface area (Å²) in [6, 6.07) is 7.61. The van der Waals surface area contributed by atoms with E-state index in [0.29, 0.717) is 6.42 Å². The lowest BCUT2D eigenvalue weighted by atomic mass is 10.0. The fraction of sp³-hybridized carbons (Fsp3) is 0.333. The maximum atomic E-state index is 12.1. The van der Waals surface area contributed by atoms with Gasteiger partial charge in [-0.1, -0.05) is 12.1 Å². The summed E-state index contributed by atoms with van der Waals surface area (Å²) in [6.07, 6.45) is 5.42. The molecule has 0 saturated heterocycles. The van der Waals surface area contributed by atoms with E-state index >= 15 is 0 Å². The van der Waals surface area contributed by atoms with Crippen LogP contribution in [0.2, 0.25) is 0 Å². The van der Waals surface area contributed by atoms with Crippen molar-refractivity contribution in [2.24, 2.45) is 5.92 Å². The van der Waals surface area contributed by atoms with Crippen LogP contribution in [0, 0.1) is 5.92 Å². The molecule has 1 fully saturated rings. The van der Waals surface area contributed by atoms with Crippen molar-refractivity contribution in [3.8, 4) is 11.1 Å². The summed E-state index contributed by atoms with van der Waals surface area (Å²) < 4.78 is 0. The number of anilines is 1. The summed E-state index contributed by atoms with van der Waals surface area (Å²) in [7, 11) is 0. The lowest BCUT2D eigenvalue weighted by Crippen LogP contribution is -2.28. The van der Waals surface area contributed by atoms with Crippen molar-refractivity contribution in [2.45, 2.75) is 25.4 Å². The predicted molar refractivity (Wildman–Crippen MR) is 76.0 cm³/mol. The van der Waals surface area contributed by atoms with Crippen LogP contribution in [0.5, 0.6) is 0 Å². The Morgan fingerprint density at radius 3 is 2.95 bits per heavy atom. The Bertz CT molecular complexity index is 595. The number of aromatic nitrogens is 2. The van der Waals surface area contributed by atoms with Crippen molar-refractivity contribution >= 4 is 11.6 Å². The molecule has 2 aromatic rings. The average molecular weight is 271 g/mol. The minimum atomic E-state index is -0.507. The smallest absolute Gasteiger partial charge is 0.230 e. The molecule has 1 amide bonds. The second-order valence-corrected chi connectivity index (χ2v) is 5.16. The average Bonchev–Trinajstić information content (AvgIpc) is 3.09. The van der Waals surface area contributed by atoms with Gasteiger partial charge in [-0.15, -0.1) is 0 Å². The van der Waals surface area contributed by atoms with E-state index in [1.165, 1.54) is 0 Å². The van der Waals surface area contributed by atoms with Crippen LogP contribution in [-0.2, 0) is 4.79 Å². The highest BCUT2D eigenvalue weighted by Gasteiger charge is 2.31. The zero-order valence-corrected chi connectivity index (χ0v) is 11.0. The minimum absolute atomic E-state index is 0.0978. The molecule has 1 saturated carbocycles. The van der Waals surface area contributed by atoms with Gasteiger partial charge in [0.1, 0.15) is 0 Å². The molecule has 20 heavy (non-hydrogen) atoms. The predicted octanol–water partition coefficient (Wildman–Crippen LogP) is 2.18. The van der Waals surface area contributed by atoms with Crippen LogP contribution in [0.4, 0.5) is 5.69 Å². The van der Waals surface area contributed by atoms with E-state index in [1.54, 1.807) is 6.20 Å². The molecular formula is C15H17N3O2. The maximum absolute atomic E-state index is 12.1. The van der Waals surface area contributed by atoms with Gasteiger partial charge in [-0.3, -0.25) is 9.89 Å². The zero-order chi connectivity index (χ0) is 13.9. The quantitative estimate of drug-likeness (QED) is 0.800. The standard InChI is InChI=1S/C15H17N3O2/c19-14-6-2-5-13(14)15(20)18-12-4-1-3-10(7-12)11-8-16-17-9-11/h1,3-4,7-9,13-14,19H,2,5-6H2,(H,16,17)(H,18,20). The molecule has 1 heterocycles. The number of nitrogens with zero attached hydrogens (tertiary/aromatic N) is 1. The molecule has 1 aromatic carbocycles. The molecule has 104 valence electrons. The van der Waals surface area contributed by atoms with E-state index in [-0.39, 0.29) is 11.8 Å². The second-order valence-electron chi connectivity index (χ2n) is 5.16. The van der Waals surface area contributed by atoms with Gasteiger partial charge in [0.25, 0.3) is 0 Å². The number of H-pyrrole nitrogens is 1. The molecule has 3 rings (SSSR count). The molecule has 3 N–H and O–H groups in total. The third kappa shape index (κ3) is 2.58. The topological polar surface area (TPSA) is 78.0 Å². The fourth-order valence-corrected chi connectivity index (χ4v) is 2.67. The maximum Gasteiger partial charge on any atom is 0.230 e. The first kappa shape index (κ1) is 12.9. The molecule has 0 radical (unpaired) electrons. The number of rotatable bonds is 3. The molecule has 1 aromatic heterocycles. The lowest BCUT2D eigenvalue weighted by molar-refractivity contribution is -0.122. The van der Waals surface area contributed by atoms with Crippen molar-refractivity contribution < 1.29 is 9.90 Å². The molecule has 0 spiro atoms.